The van der Waals surface area contributed by atoms with Gasteiger partial charge in [0.2, 0.25) is 0 Å². The van der Waals surface area contributed by atoms with E-state index in [1.807, 2.05) is 0 Å². The van der Waals surface area contributed by atoms with Crippen molar-refractivity contribution in [3.8, 4) is 5.75 Å². The number of amides is 1. The number of hydrogen-bond acceptors (Lipinski definition) is 5. The lowest BCUT2D eigenvalue weighted by atomic mass is 10.0. The molecule has 2 rings (SSSR count). The minimum Gasteiger partial charge on any atom is -0.497 e. The zero-order valence-electron chi connectivity index (χ0n) is 10.9. The highest BCUT2D eigenvalue weighted by Crippen LogP contribution is 2.23. The zero-order chi connectivity index (χ0) is 13.8. The SMILES string of the molecule is COc1ccc([N+](=O)[O-])c(C(=O)NCC2CNC2)c1.Cl. The van der Waals surface area contributed by atoms with Crippen LogP contribution < -0.4 is 15.4 Å². The summed E-state index contributed by atoms with van der Waals surface area (Å²) in [5.74, 6) is 0.368. The number of nitro benzene ring substituents is 1. The molecule has 8 heteroatoms. The van der Waals surface area contributed by atoms with Crippen LogP contribution in [0.1, 0.15) is 10.4 Å². The Morgan fingerprint density at radius 1 is 1.55 bits per heavy atom. The Morgan fingerprint density at radius 2 is 2.25 bits per heavy atom. The fraction of sp³-hybridized carbons (Fsp3) is 0.417. The van der Waals surface area contributed by atoms with Crippen molar-refractivity contribution in [2.75, 3.05) is 26.7 Å². The summed E-state index contributed by atoms with van der Waals surface area (Å²) in [5.41, 5.74) is -0.193. The second kappa shape index (κ2) is 7.06. The molecule has 1 aliphatic rings. The highest BCUT2D eigenvalue weighted by atomic mass is 35.5. The highest BCUT2D eigenvalue weighted by molar-refractivity contribution is 5.98. The molecule has 20 heavy (non-hydrogen) atoms. The minimum atomic E-state index is -0.570. The van der Waals surface area contributed by atoms with Gasteiger partial charge in [-0.15, -0.1) is 12.4 Å². The van der Waals surface area contributed by atoms with Gasteiger partial charge in [0.05, 0.1) is 12.0 Å². The highest BCUT2D eigenvalue weighted by Gasteiger charge is 2.23. The topological polar surface area (TPSA) is 93.5 Å². The van der Waals surface area contributed by atoms with Crippen LogP contribution in [0.2, 0.25) is 0 Å². The molecule has 1 amide bonds. The van der Waals surface area contributed by atoms with Crippen LogP contribution >= 0.6 is 12.4 Å². The summed E-state index contributed by atoms with van der Waals surface area (Å²) < 4.78 is 4.99. The van der Waals surface area contributed by atoms with Gasteiger partial charge in [0, 0.05) is 31.6 Å². The first kappa shape index (κ1) is 16.2. The molecular formula is C12H16ClN3O4. The molecule has 0 spiro atoms. The van der Waals surface area contributed by atoms with Crippen LogP contribution in [0.15, 0.2) is 18.2 Å². The predicted molar refractivity (Wildman–Crippen MR) is 75.6 cm³/mol. The van der Waals surface area contributed by atoms with Crippen LogP contribution in [-0.2, 0) is 0 Å². The van der Waals surface area contributed by atoms with Crippen LogP contribution in [0, 0.1) is 16.0 Å². The largest absolute Gasteiger partial charge is 0.497 e. The van der Waals surface area contributed by atoms with Gasteiger partial charge in [-0.05, 0) is 12.1 Å². The summed E-state index contributed by atoms with van der Waals surface area (Å²) >= 11 is 0. The van der Waals surface area contributed by atoms with Crippen molar-refractivity contribution in [1.82, 2.24) is 10.6 Å². The lowest BCUT2D eigenvalue weighted by molar-refractivity contribution is -0.385. The van der Waals surface area contributed by atoms with Crippen molar-refractivity contribution in [3.05, 3.63) is 33.9 Å². The van der Waals surface area contributed by atoms with Gasteiger partial charge >= 0.3 is 0 Å². The molecule has 1 fully saturated rings. The molecule has 1 aliphatic heterocycles. The standard InChI is InChI=1S/C12H15N3O4.ClH/c1-19-9-2-3-11(15(17)18)10(4-9)12(16)14-7-8-5-13-6-8;/h2-4,8,13H,5-7H2,1H3,(H,14,16);1H. The Bertz CT molecular complexity index is 505. The molecule has 1 aromatic rings. The number of carbonyl (C=O) groups is 1. The minimum absolute atomic E-state index is 0. The van der Waals surface area contributed by atoms with E-state index in [4.69, 9.17) is 4.74 Å². The molecule has 0 aromatic heterocycles. The Labute approximate surface area is 122 Å². The zero-order valence-corrected chi connectivity index (χ0v) is 11.7. The third kappa shape index (κ3) is 3.58. The average molecular weight is 302 g/mol. The number of rotatable bonds is 5. The molecule has 0 bridgehead atoms. The van der Waals surface area contributed by atoms with Crippen LogP contribution in [0.4, 0.5) is 5.69 Å². The van der Waals surface area contributed by atoms with E-state index in [0.29, 0.717) is 18.2 Å². The van der Waals surface area contributed by atoms with Crippen molar-refractivity contribution >= 4 is 24.0 Å². The van der Waals surface area contributed by atoms with E-state index in [0.717, 1.165) is 13.1 Å². The number of nitro groups is 1. The summed E-state index contributed by atoms with van der Waals surface area (Å²) in [5, 5.41) is 16.7. The molecule has 110 valence electrons. The molecule has 0 aliphatic carbocycles. The number of hydrogen-bond donors (Lipinski definition) is 2. The third-order valence-corrected chi connectivity index (χ3v) is 3.06. The fourth-order valence-electron chi connectivity index (χ4n) is 1.81. The van der Waals surface area contributed by atoms with Crippen molar-refractivity contribution in [2.45, 2.75) is 0 Å². The first-order chi connectivity index (χ1) is 9.11. The lowest BCUT2D eigenvalue weighted by Crippen LogP contribution is -2.48. The second-order valence-corrected chi connectivity index (χ2v) is 4.37. The lowest BCUT2D eigenvalue weighted by Gasteiger charge is -2.27. The van der Waals surface area contributed by atoms with Crippen molar-refractivity contribution in [2.24, 2.45) is 5.92 Å². The molecule has 1 saturated heterocycles. The Hall–Kier alpha value is -1.86. The maximum Gasteiger partial charge on any atom is 0.282 e. The average Bonchev–Trinajstić information content (AvgIpc) is 2.35. The normalized spacial score (nSPS) is 13.8. The van der Waals surface area contributed by atoms with E-state index in [1.165, 1.54) is 25.3 Å². The van der Waals surface area contributed by atoms with Crippen molar-refractivity contribution in [3.63, 3.8) is 0 Å². The first-order valence-corrected chi connectivity index (χ1v) is 5.93. The smallest absolute Gasteiger partial charge is 0.282 e. The van der Waals surface area contributed by atoms with Crippen molar-refractivity contribution in [1.29, 1.82) is 0 Å². The van der Waals surface area contributed by atoms with E-state index in [1.54, 1.807) is 0 Å². The number of ether oxygens (including phenoxy) is 1. The Kier molecular flexibility index (Phi) is 5.72. The second-order valence-electron chi connectivity index (χ2n) is 4.37. The summed E-state index contributed by atoms with van der Waals surface area (Å²) in [4.78, 5) is 22.3. The molecule has 0 radical (unpaired) electrons. The maximum absolute atomic E-state index is 12.0. The molecule has 0 unspecified atom stereocenters. The van der Waals surface area contributed by atoms with Gasteiger partial charge < -0.3 is 15.4 Å². The number of nitrogens with one attached hydrogen (secondary N) is 2. The van der Waals surface area contributed by atoms with Crippen LogP contribution in [0.3, 0.4) is 0 Å². The number of methoxy groups -OCH3 is 1. The number of benzene rings is 1. The maximum atomic E-state index is 12.0. The van der Waals surface area contributed by atoms with Crippen LogP contribution in [0.25, 0.3) is 0 Å². The molecule has 0 atom stereocenters. The number of halogens is 1. The number of nitrogens with zero attached hydrogens (tertiary/aromatic N) is 1. The van der Waals surface area contributed by atoms with Crippen molar-refractivity contribution < 1.29 is 14.5 Å². The molecule has 0 saturated carbocycles. The summed E-state index contributed by atoms with van der Waals surface area (Å²) in [6.07, 6.45) is 0. The molecule has 7 nitrogen and oxygen atoms in total. The molecular weight excluding hydrogens is 286 g/mol. The van der Waals surface area contributed by atoms with Gasteiger partial charge in [-0.3, -0.25) is 14.9 Å². The van der Waals surface area contributed by atoms with E-state index >= 15 is 0 Å². The van der Waals surface area contributed by atoms with E-state index in [9.17, 15) is 14.9 Å². The summed E-state index contributed by atoms with van der Waals surface area (Å²) in [6.45, 7) is 2.24. The van der Waals surface area contributed by atoms with Gasteiger partial charge in [-0.1, -0.05) is 0 Å². The van der Waals surface area contributed by atoms with Gasteiger partial charge in [-0.25, -0.2) is 0 Å². The predicted octanol–water partition coefficient (Wildman–Crippen LogP) is 0.974. The van der Waals surface area contributed by atoms with Gasteiger partial charge in [0.25, 0.3) is 11.6 Å². The monoisotopic (exact) mass is 301 g/mol. The molecule has 1 heterocycles. The molecule has 1 aromatic carbocycles. The van der Waals surface area contributed by atoms with E-state index in [2.05, 4.69) is 10.6 Å². The van der Waals surface area contributed by atoms with Gasteiger partial charge in [0.1, 0.15) is 11.3 Å². The third-order valence-electron chi connectivity index (χ3n) is 3.06. The van der Waals surface area contributed by atoms with Crippen LogP contribution in [-0.4, -0.2) is 37.6 Å². The Morgan fingerprint density at radius 3 is 2.75 bits per heavy atom. The fourth-order valence-corrected chi connectivity index (χ4v) is 1.81. The quantitative estimate of drug-likeness (QED) is 0.624. The van der Waals surface area contributed by atoms with E-state index < -0.39 is 10.8 Å². The molecule has 2 N–H and O–H groups in total. The first-order valence-electron chi connectivity index (χ1n) is 5.93. The van der Waals surface area contributed by atoms with Gasteiger partial charge in [0.15, 0.2) is 0 Å². The summed E-state index contributed by atoms with van der Waals surface area (Å²) in [6, 6.07) is 4.12. The van der Waals surface area contributed by atoms with E-state index in [-0.39, 0.29) is 23.7 Å². The summed E-state index contributed by atoms with van der Waals surface area (Å²) in [7, 11) is 1.45. The van der Waals surface area contributed by atoms with Gasteiger partial charge in [-0.2, -0.15) is 0 Å². The number of carbonyl (C=O) groups excluding carboxylic acids is 1. The van der Waals surface area contributed by atoms with Crippen LogP contribution in [0.5, 0.6) is 5.75 Å². The Balaban J connectivity index is 0.00000200.